The molecule has 1 aromatic rings. The van der Waals surface area contributed by atoms with E-state index < -0.39 is 0 Å². The molecule has 3 nitrogen and oxygen atoms in total. The Labute approximate surface area is 89.1 Å². The maximum atomic E-state index is 5.87. The monoisotopic (exact) mass is 211 g/mol. The summed E-state index contributed by atoms with van der Waals surface area (Å²) in [6, 6.07) is 0.445. The molecule has 0 spiro atoms. The van der Waals surface area contributed by atoms with Crippen molar-refractivity contribution in [2.75, 3.05) is 0 Å². The molecule has 0 aromatic carbocycles. The normalized spacial score (nSPS) is 27.9. The van der Waals surface area contributed by atoms with Gasteiger partial charge in [-0.3, -0.25) is 4.68 Å². The van der Waals surface area contributed by atoms with Gasteiger partial charge < -0.3 is 5.73 Å². The first kappa shape index (κ1) is 10.1. The van der Waals surface area contributed by atoms with Crippen LogP contribution in [0.2, 0.25) is 0 Å². The summed E-state index contributed by atoms with van der Waals surface area (Å²) in [5.41, 5.74) is 5.87. The lowest BCUT2D eigenvalue weighted by Crippen LogP contribution is -2.27. The van der Waals surface area contributed by atoms with Crippen molar-refractivity contribution in [3.05, 3.63) is 12.4 Å². The van der Waals surface area contributed by atoms with E-state index >= 15 is 0 Å². The number of hydrogen-bond donors (Lipinski definition) is 1. The molecule has 2 N–H and O–H groups in total. The third kappa shape index (κ3) is 2.51. The second-order valence-electron chi connectivity index (χ2n) is 4.00. The van der Waals surface area contributed by atoms with E-state index in [1.807, 2.05) is 29.7 Å². The Balaban J connectivity index is 1.86. The van der Waals surface area contributed by atoms with Gasteiger partial charge in [-0.2, -0.15) is 5.10 Å². The van der Waals surface area contributed by atoms with Crippen molar-refractivity contribution >= 4 is 11.8 Å². The van der Waals surface area contributed by atoms with Gasteiger partial charge in [0.2, 0.25) is 0 Å². The zero-order valence-corrected chi connectivity index (χ0v) is 9.33. The third-order valence-electron chi connectivity index (χ3n) is 2.70. The van der Waals surface area contributed by atoms with Crippen molar-refractivity contribution in [1.82, 2.24) is 9.78 Å². The van der Waals surface area contributed by atoms with E-state index in [-0.39, 0.29) is 0 Å². The highest BCUT2D eigenvalue weighted by molar-refractivity contribution is 8.00. The van der Waals surface area contributed by atoms with Crippen LogP contribution in [0.5, 0.6) is 0 Å². The van der Waals surface area contributed by atoms with Crippen LogP contribution in [0.25, 0.3) is 0 Å². The highest BCUT2D eigenvalue weighted by Gasteiger charge is 2.19. The summed E-state index contributed by atoms with van der Waals surface area (Å²) in [7, 11) is 1.96. The van der Waals surface area contributed by atoms with Crippen LogP contribution in [0.3, 0.4) is 0 Å². The molecule has 1 aliphatic rings. The summed E-state index contributed by atoms with van der Waals surface area (Å²) in [6.07, 6.45) is 8.88. The molecule has 1 fully saturated rings. The summed E-state index contributed by atoms with van der Waals surface area (Å²) >= 11 is 1.95. The third-order valence-corrected chi connectivity index (χ3v) is 3.99. The zero-order chi connectivity index (χ0) is 9.97. The number of aryl methyl sites for hydroxylation is 1. The molecule has 0 aliphatic heterocycles. The molecule has 1 heterocycles. The van der Waals surface area contributed by atoms with Gasteiger partial charge >= 0.3 is 0 Å². The number of nitrogens with two attached hydrogens (primary N) is 1. The van der Waals surface area contributed by atoms with E-state index in [0.29, 0.717) is 6.04 Å². The summed E-state index contributed by atoms with van der Waals surface area (Å²) < 4.78 is 1.86. The van der Waals surface area contributed by atoms with Crippen molar-refractivity contribution in [3.8, 4) is 0 Å². The molecule has 0 radical (unpaired) electrons. The van der Waals surface area contributed by atoms with E-state index in [1.165, 1.54) is 30.6 Å². The van der Waals surface area contributed by atoms with Crippen molar-refractivity contribution in [2.45, 2.75) is 41.9 Å². The Hall–Kier alpha value is -0.480. The minimum atomic E-state index is 0.445. The minimum absolute atomic E-state index is 0.445. The fourth-order valence-electron chi connectivity index (χ4n) is 1.86. The zero-order valence-electron chi connectivity index (χ0n) is 8.52. The molecule has 1 saturated carbocycles. The maximum Gasteiger partial charge on any atom is 0.0625 e. The molecular weight excluding hydrogens is 194 g/mol. The van der Waals surface area contributed by atoms with Crippen LogP contribution in [-0.4, -0.2) is 21.1 Å². The quantitative estimate of drug-likeness (QED) is 0.811. The first-order valence-electron chi connectivity index (χ1n) is 5.15. The first-order chi connectivity index (χ1) is 6.74. The van der Waals surface area contributed by atoms with Crippen LogP contribution >= 0.6 is 11.8 Å². The molecule has 0 amide bonds. The van der Waals surface area contributed by atoms with Crippen LogP contribution < -0.4 is 5.73 Å². The Bertz CT molecular complexity index is 289. The van der Waals surface area contributed by atoms with Gasteiger partial charge in [-0.05, 0) is 25.7 Å². The fourth-order valence-corrected chi connectivity index (χ4v) is 3.07. The van der Waals surface area contributed by atoms with Crippen molar-refractivity contribution in [1.29, 1.82) is 0 Å². The van der Waals surface area contributed by atoms with E-state index in [2.05, 4.69) is 11.3 Å². The van der Waals surface area contributed by atoms with E-state index in [9.17, 15) is 0 Å². The predicted molar refractivity (Wildman–Crippen MR) is 59.3 cm³/mol. The number of aromatic nitrogens is 2. The standard InChI is InChI=1S/C10H17N3S/c1-13-7-10(6-12-13)14-9-4-2-8(11)3-5-9/h6-9H,2-5,11H2,1H3. The summed E-state index contributed by atoms with van der Waals surface area (Å²) in [5, 5.41) is 4.92. The molecular formula is C10H17N3S. The van der Waals surface area contributed by atoms with Gasteiger partial charge in [0.25, 0.3) is 0 Å². The van der Waals surface area contributed by atoms with Gasteiger partial charge in [-0.25, -0.2) is 0 Å². The van der Waals surface area contributed by atoms with E-state index in [0.717, 1.165) is 5.25 Å². The average molecular weight is 211 g/mol. The lowest BCUT2D eigenvalue weighted by atomic mass is 9.96. The molecule has 0 bridgehead atoms. The number of rotatable bonds is 2. The molecule has 1 aromatic heterocycles. The van der Waals surface area contributed by atoms with Crippen LogP contribution in [0.1, 0.15) is 25.7 Å². The summed E-state index contributed by atoms with van der Waals surface area (Å²) in [5.74, 6) is 0. The van der Waals surface area contributed by atoms with Crippen molar-refractivity contribution in [2.24, 2.45) is 12.8 Å². The summed E-state index contributed by atoms with van der Waals surface area (Å²) in [6.45, 7) is 0. The molecule has 0 atom stereocenters. The molecule has 14 heavy (non-hydrogen) atoms. The van der Waals surface area contributed by atoms with E-state index in [1.54, 1.807) is 0 Å². The lowest BCUT2D eigenvalue weighted by Gasteiger charge is -2.24. The Kier molecular flexibility index (Phi) is 3.13. The minimum Gasteiger partial charge on any atom is -0.328 e. The maximum absolute atomic E-state index is 5.87. The fraction of sp³-hybridized carbons (Fsp3) is 0.700. The van der Waals surface area contributed by atoms with Gasteiger partial charge in [0.1, 0.15) is 0 Å². The highest BCUT2D eigenvalue weighted by Crippen LogP contribution is 2.32. The largest absolute Gasteiger partial charge is 0.328 e. The van der Waals surface area contributed by atoms with E-state index in [4.69, 9.17) is 5.73 Å². The number of thioether (sulfide) groups is 1. The van der Waals surface area contributed by atoms with Gasteiger partial charge in [-0.15, -0.1) is 11.8 Å². The number of nitrogens with zero attached hydrogens (tertiary/aromatic N) is 2. The van der Waals surface area contributed by atoms with Crippen molar-refractivity contribution < 1.29 is 0 Å². The van der Waals surface area contributed by atoms with Gasteiger partial charge in [0.15, 0.2) is 0 Å². The van der Waals surface area contributed by atoms with Crippen LogP contribution in [0.4, 0.5) is 0 Å². The SMILES string of the molecule is Cn1cc(SC2CCC(N)CC2)cn1. The van der Waals surface area contributed by atoms with Gasteiger partial charge in [0, 0.05) is 29.4 Å². The summed E-state index contributed by atoms with van der Waals surface area (Å²) in [4.78, 5) is 1.29. The second-order valence-corrected chi connectivity index (χ2v) is 5.38. The lowest BCUT2D eigenvalue weighted by molar-refractivity contribution is 0.451. The topological polar surface area (TPSA) is 43.8 Å². The highest BCUT2D eigenvalue weighted by atomic mass is 32.2. The Morgan fingerprint density at radius 1 is 1.43 bits per heavy atom. The molecule has 0 saturated heterocycles. The molecule has 78 valence electrons. The van der Waals surface area contributed by atoms with Crippen LogP contribution in [0.15, 0.2) is 17.3 Å². The first-order valence-corrected chi connectivity index (χ1v) is 6.03. The van der Waals surface area contributed by atoms with Crippen LogP contribution in [0, 0.1) is 0 Å². The van der Waals surface area contributed by atoms with Crippen molar-refractivity contribution in [3.63, 3.8) is 0 Å². The smallest absolute Gasteiger partial charge is 0.0625 e. The predicted octanol–water partition coefficient (Wildman–Crippen LogP) is 1.78. The molecule has 1 aliphatic carbocycles. The van der Waals surface area contributed by atoms with Crippen LogP contribution in [-0.2, 0) is 7.05 Å². The van der Waals surface area contributed by atoms with Gasteiger partial charge in [0.05, 0.1) is 6.20 Å². The Morgan fingerprint density at radius 3 is 2.71 bits per heavy atom. The number of hydrogen-bond acceptors (Lipinski definition) is 3. The molecule has 0 unspecified atom stereocenters. The average Bonchev–Trinajstić information content (AvgIpc) is 2.56. The van der Waals surface area contributed by atoms with Gasteiger partial charge in [-0.1, -0.05) is 0 Å². The molecule has 2 rings (SSSR count). The molecule has 4 heteroatoms. The Morgan fingerprint density at radius 2 is 2.14 bits per heavy atom. The second kappa shape index (κ2) is 4.36.